The third-order valence-corrected chi connectivity index (χ3v) is 3.32. The highest BCUT2D eigenvalue weighted by molar-refractivity contribution is 6.31. The summed E-state index contributed by atoms with van der Waals surface area (Å²) in [5, 5.41) is 10.9. The average Bonchev–Trinajstić information content (AvgIpc) is 2.28. The number of aromatic nitrogens is 2. The van der Waals surface area contributed by atoms with Crippen molar-refractivity contribution in [3.05, 3.63) is 21.6 Å². The summed E-state index contributed by atoms with van der Waals surface area (Å²) in [5.41, 5.74) is -0.212. The molecule has 1 aliphatic rings. The molecule has 0 aliphatic carbocycles. The Morgan fingerprint density at radius 1 is 1.50 bits per heavy atom. The van der Waals surface area contributed by atoms with Crippen LogP contribution < -0.4 is 4.90 Å². The van der Waals surface area contributed by atoms with E-state index in [9.17, 15) is 10.1 Å². The van der Waals surface area contributed by atoms with E-state index in [-0.39, 0.29) is 16.9 Å². The summed E-state index contributed by atoms with van der Waals surface area (Å²) in [6.45, 7) is 4.36. The second-order valence-corrected chi connectivity index (χ2v) is 4.76. The van der Waals surface area contributed by atoms with Crippen molar-refractivity contribution in [2.75, 3.05) is 31.6 Å². The first kappa shape index (κ1) is 13.0. The SMILES string of the molecule is CC1CN(C)CCN1c1ncnc(Cl)c1[N+](=O)[O-]. The number of halogens is 1. The predicted octanol–water partition coefficient (Wildman–Crippen LogP) is 1.18. The lowest BCUT2D eigenvalue weighted by Gasteiger charge is -2.38. The third kappa shape index (κ3) is 2.37. The van der Waals surface area contributed by atoms with Gasteiger partial charge in [-0.05, 0) is 14.0 Å². The summed E-state index contributed by atoms with van der Waals surface area (Å²) in [7, 11) is 2.02. The summed E-state index contributed by atoms with van der Waals surface area (Å²) in [6.07, 6.45) is 1.26. The van der Waals surface area contributed by atoms with Crippen molar-refractivity contribution >= 4 is 23.1 Å². The van der Waals surface area contributed by atoms with Gasteiger partial charge in [-0.25, -0.2) is 9.97 Å². The molecule has 1 aromatic rings. The van der Waals surface area contributed by atoms with Crippen molar-refractivity contribution in [3.8, 4) is 0 Å². The first-order chi connectivity index (χ1) is 8.50. The molecule has 2 heterocycles. The second kappa shape index (κ2) is 5.03. The van der Waals surface area contributed by atoms with Gasteiger partial charge < -0.3 is 9.80 Å². The molecule has 0 saturated carbocycles. The van der Waals surface area contributed by atoms with Crippen molar-refractivity contribution in [1.82, 2.24) is 14.9 Å². The van der Waals surface area contributed by atoms with Gasteiger partial charge >= 0.3 is 5.69 Å². The molecule has 0 N–H and O–H groups in total. The van der Waals surface area contributed by atoms with Gasteiger partial charge in [0.1, 0.15) is 6.33 Å². The van der Waals surface area contributed by atoms with Gasteiger partial charge in [-0.15, -0.1) is 0 Å². The van der Waals surface area contributed by atoms with Gasteiger partial charge in [0.25, 0.3) is 0 Å². The largest absolute Gasteiger partial charge is 0.348 e. The minimum atomic E-state index is -0.525. The molecule has 0 bridgehead atoms. The van der Waals surface area contributed by atoms with Gasteiger partial charge in [-0.3, -0.25) is 10.1 Å². The Morgan fingerprint density at radius 3 is 2.83 bits per heavy atom. The maximum Gasteiger partial charge on any atom is 0.348 e. The maximum atomic E-state index is 11.1. The summed E-state index contributed by atoms with van der Waals surface area (Å²) < 4.78 is 0. The molecule has 18 heavy (non-hydrogen) atoms. The molecule has 8 heteroatoms. The number of rotatable bonds is 2. The lowest BCUT2D eigenvalue weighted by atomic mass is 10.2. The number of anilines is 1. The van der Waals surface area contributed by atoms with Crippen LogP contribution in [0.2, 0.25) is 5.15 Å². The minimum Gasteiger partial charge on any atom is -0.345 e. The predicted molar refractivity (Wildman–Crippen MR) is 68.0 cm³/mol. The zero-order valence-electron chi connectivity index (χ0n) is 10.2. The summed E-state index contributed by atoms with van der Waals surface area (Å²) in [5.74, 6) is 0.306. The fourth-order valence-electron chi connectivity index (χ4n) is 2.17. The topological polar surface area (TPSA) is 75.4 Å². The summed E-state index contributed by atoms with van der Waals surface area (Å²) >= 11 is 5.79. The van der Waals surface area contributed by atoms with Crippen molar-refractivity contribution in [1.29, 1.82) is 0 Å². The van der Waals surface area contributed by atoms with Crippen LogP contribution in [0.3, 0.4) is 0 Å². The van der Waals surface area contributed by atoms with Crippen LogP contribution in [0.4, 0.5) is 11.5 Å². The number of hydrogen-bond donors (Lipinski definition) is 0. The Morgan fingerprint density at radius 2 is 2.22 bits per heavy atom. The van der Waals surface area contributed by atoms with Gasteiger partial charge in [-0.1, -0.05) is 11.6 Å². The average molecular weight is 272 g/mol. The van der Waals surface area contributed by atoms with E-state index in [4.69, 9.17) is 11.6 Å². The van der Waals surface area contributed by atoms with E-state index in [1.165, 1.54) is 6.33 Å². The van der Waals surface area contributed by atoms with Crippen LogP contribution in [0.25, 0.3) is 0 Å². The zero-order chi connectivity index (χ0) is 13.3. The molecule has 1 unspecified atom stereocenters. The molecular weight excluding hydrogens is 258 g/mol. The standard InChI is InChI=1S/C10H14ClN5O2/c1-7-5-14(2)3-4-15(7)10-8(16(17)18)9(11)12-6-13-10/h6-7H,3-5H2,1-2H3. The number of likely N-dealkylation sites (N-methyl/N-ethyl adjacent to an activating group) is 1. The van der Waals surface area contributed by atoms with Crippen molar-refractivity contribution in [2.24, 2.45) is 0 Å². The Kier molecular flexibility index (Phi) is 3.63. The normalized spacial score (nSPS) is 21.1. The second-order valence-electron chi connectivity index (χ2n) is 4.40. The Balaban J connectivity index is 2.39. The van der Waals surface area contributed by atoms with Gasteiger partial charge in [0.05, 0.1) is 4.92 Å². The summed E-state index contributed by atoms with van der Waals surface area (Å²) in [4.78, 5) is 22.3. The molecule has 1 fully saturated rings. The molecular formula is C10H14ClN5O2. The molecule has 0 amide bonds. The molecule has 98 valence electrons. The number of nitro groups is 1. The lowest BCUT2D eigenvalue weighted by molar-refractivity contribution is -0.384. The van der Waals surface area contributed by atoms with Crippen molar-refractivity contribution in [2.45, 2.75) is 13.0 Å². The molecule has 0 spiro atoms. The fourth-order valence-corrected chi connectivity index (χ4v) is 2.37. The molecule has 1 atom stereocenters. The summed E-state index contributed by atoms with van der Waals surface area (Å²) in [6, 6.07) is 0.147. The third-order valence-electron chi connectivity index (χ3n) is 3.04. The number of hydrogen-bond acceptors (Lipinski definition) is 6. The van der Waals surface area contributed by atoms with E-state index in [0.29, 0.717) is 12.4 Å². The fraction of sp³-hybridized carbons (Fsp3) is 0.600. The van der Waals surface area contributed by atoms with E-state index >= 15 is 0 Å². The van der Waals surface area contributed by atoms with Crippen LogP contribution in [0.5, 0.6) is 0 Å². The van der Waals surface area contributed by atoms with Crippen LogP contribution in [0.15, 0.2) is 6.33 Å². The monoisotopic (exact) mass is 271 g/mol. The van der Waals surface area contributed by atoms with E-state index in [1.54, 1.807) is 0 Å². The van der Waals surface area contributed by atoms with Crippen LogP contribution >= 0.6 is 11.6 Å². The molecule has 7 nitrogen and oxygen atoms in total. The van der Waals surface area contributed by atoms with Gasteiger partial charge in [0.2, 0.25) is 11.0 Å². The zero-order valence-corrected chi connectivity index (χ0v) is 11.0. The Labute approximate surface area is 110 Å². The van der Waals surface area contributed by atoms with Crippen molar-refractivity contribution < 1.29 is 4.92 Å². The van der Waals surface area contributed by atoms with Crippen molar-refractivity contribution in [3.63, 3.8) is 0 Å². The highest BCUT2D eigenvalue weighted by Crippen LogP contribution is 2.32. The van der Waals surface area contributed by atoms with Crippen LogP contribution in [0, 0.1) is 10.1 Å². The van der Waals surface area contributed by atoms with E-state index in [0.717, 1.165) is 13.1 Å². The highest BCUT2D eigenvalue weighted by Gasteiger charge is 2.31. The first-order valence-corrected chi connectivity index (χ1v) is 5.98. The molecule has 0 aromatic carbocycles. The number of piperazine rings is 1. The Bertz CT molecular complexity index is 470. The highest BCUT2D eigenvalue weighted by atomic mass is 35.5. The van der Waals surface area contributed by atoms with Crippen LogP contribution in [-0.2, 0) is 0 Å². The molecule has 1 aromatic heterocycles. The van der Waals surface area contributed by atoms with Crippen LogP contribution in [0.1, 0.15) is 6.92 Å². The smallest absolute Gasteiger partial charge is 0.345 e. The van der Waals surface area contributed by atoms with Gasteiger partial charge in [0.15, 0.2) is 0 Å². The van der Waals surface area contributed by atoms with Crippen LogP contribution in [-0.4, -0.2) is 52.5 Å². The van der Waals surface area contributed by atoms with E-state index in [2.05, 4.69) is 14.9 Å². The molecule has 2 rings (SSSR count). The first-order valence-electron chi connectivity index (χ1n) is 5.60. The van der Waals surface area contributed by atoms with E-state index in [1.807, 2.05) is 18.9 Å². The Hall–Kier alpha value is -1.47. The molecule has 0 radical (unpaired) electrons. The van der Waals surface area contributed by atoms with Gasteiger partial charge in [-0.2, -0.15) is 0 Å². The minimum absolute atomic E-state index is 0.115. The van der Waals surface area contributed by atoms with E-state index < -0.39 is 4.92 Å². The van der Waals surface area contributed by atoms with Gasteiger partial charge in [0, 0.05) is 25.7 Å². The molecule has 1 aliphatic heterocycles. The quantitative estimate of drug-likeness (QED) is 0.457. The maximum absolute atomic E-state index is 11.1. The molecule has 1 saturated heterocycles. The number of nitrogens with zero attached hydrogens (tertiary/aromatic N) is 5. The lowest BCUT2D eigenvalue weighted by Crippen LogP contribution is -2.51.